The molecule has 0 bridgehead atoms. The van der Waals surface area contributed by atoms with Crippen LogP contribution in [0.4, 0.5) is 4.39 Å². The molecule has 0 unspecified atom stereocenters. The monoisotopic (exact) mass is 300 g/mol. The highest BCUT2D eigenvalue weighted by Gasteiger charge is 2.41. The van der Waals surface area contributed by atoms with Crippen molar-refractivity contribution in [1.29, 1.82) is 0 Å². The molecule has 0 radical (unpaired) electrons. The maximum absolute atomic E-state index is 13.4. The van der Waals surface area contributed by atoms with Crippen molar-refractivity contribution < 1.29 is 9.31 Å². The Morgan fingerprint density at radius 1 is 1.14 bits per heavy atom. The molecule has 0 saturated carbocycles. The van der Waals surface area contributed by atoms with Crippen molar-refractivity contribution in [2.24, 2.45) is 0 Å². The van der Waals surface area contributed by atoms with Gasteiger partial charge in [-0.15, -0.1) is 0 Å². The lowest BCUT2D eigenvalue weighted by Crippen LogP contribution is -2.28. The van der Waals surface area contributed by atoms with Gasteiger partial charge in [0, 0.05) is 18.0 Å². The van der Waals surface area contributed by atoms with E-state index in [0.717, 1.165) is 5.56 Å². The average Bonchev–Trinajstić information content (AvgIpc) is 2.92. The zero-order valence-electron chi connectivity index (χ0n) is 12.1. The van der Waals surface area contributed by atoms with Crippen molar-refractivity contribution >= 4 is 0 Å². The van der Waals surface area contributed by atoms with Gasteiger partial charge in [0.15, 0.2) is 0 Å². The molecule has 0 amide bonds. The number of hydrogen-bond donors (Lipinski definition) is 0. The van der Waals surface area contributed by atoms with Crippen LogP contribution >= 0.6 is 0 Å². The Balaban J connectivity index is 1.79. The zero-order valence-corrected chi connectivity index (χ0v) is 12.1. The molecule has 1 fully saturated rings. The number of rotatable bonds is 4. The Morgan fingerprint density at radius 2 is 1.91 bits per heavy atom. The number of benzene rings is 2. The Kier molecular flexibility index (Phi) is 4.15. The molecule has 0 spiro atoms. The first kappa shape index (κ1) is 14.7. The molecule has 0 aromatic heterocycles. The highest BCUT2D eigenvalue weighted by Crippen LogP contribution is 2.30. The summed E-state index contributed by atoms with van der Waals surface area (Å²) in [7, 11) is 0. The summed E-state index contributed by atoms with van der Waals surface area (Å²) in [4.78, 5) is 13.2. The van der Waals surface area contributed by atoms with Gasteiger partial charge in [-0.05, 0) is 23.3 Å². The van der Waals surface area contributed by atoms with Crippen LogP contribution in [0.1, 0.15) is 17.0 Å². The Hall–Kier alpha value is -2.27. The molecule has 2 aromatic rings. The molecular formula is C17H17FN2O2. The standard InChI is InChI=1S/C17H17FN2O2/c18-15-8-4-7-14(9-15)16-11-19(12-17(16)20(21)22)10-13-5-2-1-3-6-13/h1-9,16-17H,10-12H2/t16-,17+/m1/s1. The number of nitro groups is 1. The first-order chi connectivity index (χ1) is 10.6. The van der Waals surface area contributed by atoms with E-state index in [1.807, 2.05) is 30.3 Å². The van der Waals surface area contributed by atoms with Gasteiger partial charge in [0.2, 0.25) is 6.04 Å². The van der Waals surface area contributed by atoms with E-state index < -0.39 is 6.04 Å². The second-order valence-electron chi connectivity index (χ2n) is 5.69. The van der Waals surface area contributed by atoms with Crippen LogP contribution in [0.5, 0.6) is 0 Å². The summed E-state index contributed by atoms with van der Waals surface area (Å²) in [6, 6.07) is 15.4. The lowest BCUT2D eigenvalue weighted by atomic mass is 9.95. The van der Waals surface area contributed by atoms with Crippen LogP contribution in [-0.2, 0) is 6.54 Å². The predicted octanol–water partition coefficient (Wildman–Crippen LogP) is 3.07. The van der Waals surface area contributed by atoms with Crippen LogP contribution in [-0.4, -0.2) is 29.0 Å². The van der Waals surface area contributed by atoms with Gasteiger partial charge in [-0.2, -0.15) is 0 Å². The first-order valence-corrected chi connectivity index (χ1v) is 7.29. The molecule has 3 rings (SSSR count). The zero-order chi connectivity index (χ0) is 15.5. The third-order valence-corrected chi connectivity index (χ3v) is 4.16. The average molecular weight is 300 g/mol. The fraction of sp³-hybridized carbons (Fsp3) is 0.294. The molecule has 1 saturated heterocycles. The van der Waals surface area contributed by atoms with E-state index in [9.17, 15) is 14.5 Å². The van der Waals surface area contributed by atoms with Gasteiger partial charge in [-0.3, -0.25) is 15.0 Å². The van der Waals surface area contributed by atoms with Crippen molar-refractivity contribution in [3.8, 4) is 0 Å². The minimum Gasteiger partial charge on any atom is -0.292 e. The smallest absolute Gasteiger partial charge is 0.233 e. The summed E-state index contributed by atoms with van der Waals surface area (Å²) in [5.74, 6) is -0.615. The Bertz CT molecular complexity index is 663. The molecule has 2 aromatic carbocycles. The van der Waals surface area contributed by atoms with Crippen LogP contribution in [0, 0.1) is 15.9 Å². The van der Waals surface area contributed by atoms with Gasteiger partial charge >= 0.3 is 0 Å². The molecule has 1 aliphatic rings. The predicted molar refractivity (Wildman–Crippen MR) is 81.6 cm³/mol. The van der Waals surface area contributed by atoms with Gasteiger partial charge in [0.05, 0.1) is 12.5 Å². The van der Waals surface area contributed by atoms with Gasteiger partial charge < -0.3 is 0 Å². The van der Waals surface area contributed by atoms with Crippen molar-refractivity contribution in [3.05, 3.63) is 81.7 Å². The summed E-state index contributed by atoms with van der Waals surface area (Å²) >= 11 is 0. The molecule has 22 heavy (non-hydrogen) atoms. The molecule has 4 nitrogen and oxygen atoms in total. The molecule has 5 heteroatoms. The fourth-order valence-corrected chi connectivity index (χ4v) is 3.12. The number of nitrogens with zero attached hydrogens (tertiary/aromatic N) is 2. The van der Waals surface area contributed by atoms with Crippen molar-refractivity contribution in [1.82, 2.24) is 4.90 Å². The van der Waals surface area contributed by atoms with Gasteiger partial charge in [-0.1, -0.05) is 42.5 Å². The van der Waals surface area contributed by atoms with Crippen molar-refractivity contribution in [2.45, 2.75) is 18.5 Å². The normalized spacial score (nSPS) is 21.9. The van der Waals surface area contributed by atoms with E-state index in [0.29, 0.717) is 25.2 Å². The van der Waals surface area contributed by atoms with E-state index in [2.05, 4.69) is 4.90 Å². The Morgan fingerprint density at radius 3 is 2.59 bits per heavy atom. The van der Waals surface area contributed by atoms with Gasteiger partial charge in [-0.25, -0.2) is 4.39 Å². The highest BCUT2D eigenvalue weighted by atomic mass is 19.1. The maximum atomic E-state index is 13.4. The molecule has 0 aliphatic carbocycles. The quantitative estimate of drug-likeness (QED) is 0.644. The second kappa shape index (κ2) is 6.23. The van der Waals surface area contributed by atoms with Crippen LogP contribution in [0.2, 0.25) is 0 Å². The molecule has 1 heterocycles. The van der Waals surface area contributed by atoms with E-state index in [-0.39, 0.29) is 16.7 Å². The lowest BCUT2D eigenvalue weighted by molar-refractivity contribution is -0.521. The fourth-order valence-electron chi connectivity index (χ4n) is 3.12. The van der Waals surface area contributed by atoms with E-state index in [4.69, 9.17) is 0 Å². The summed E-state index contributed by atoms with van der Waals surface area (Å²) < 4.78 is 13.4. The summed E-state index contributed by atoms with van der Waals surface area (Å²) in [6.07, 6.45) is 0. The molecule has 114 valence electrons. The second-order valence-corrected chi connectivity index (χ2v) is 5.69. The van der Waals surface area contributed by atoms with Gasteiger partial charge in [0.25, 0.3) is 0 Å². The largest absolute Gasteiger partial charge is 0.292 e. The Labute approximate surface area is 128 Å². The molecule has 2 atom stereocenters. The summed E-state index contributed by atoms with van der Waals surface area (Å²) in [5.41, 5.74) is 1.83. The minimum absolute atomic E-state index is 0.236. The van der Waals surface area contributed by atoms with Crippen molar-refractivity contribution in [3.63, 3.8) is 0 Å². The molecule has 1 aliphatic heterocycles. The summed E-state index contributed by atoms with van der Waals surface area (Å²) in [5, 5.41) is 11.4. The minimum atomic E-state index is -0.689. The van der Waals surface area contributed by atoms with E-state index in [1.54, 1.807) is 12.1 Å². The van der Waals surface area contributed by atoms with Crippen LogP contribution in [0.15, 0.2) is 54.6 Å². The third kappa shape index (κ3) is 3.14. The van der Waals surface area contributed by atoms with Crippen LogP contribution < -0.4 is 0 Å². The molecule has 0 N–H and O–H groups in total. The summed E-state index contributed by atoms with van der Waals surface area (Å²) in [6.45, 7) is 1.64. The topological polar surface area (TPSA) is 46.4 Å². The van der Waals surface area contributed by atoms with E-state index >= 15 is 0 Å². The lowest BCUT2D eigenvalue weighted by Gasteiger charge is -2.15. The number of hydrogen-bond acceptors (Lipinski definition) is 3. The molecular weight excluding hydrogens is 283 g/mol. The maximum Gasteiger partial charge on any atom is 0.233 e. The highest BCUT2D eigenvalue weighted by molar-refractivity contribution is 5.24. The van der Waals surface area contributed by atoms with E-state index in [1.165, 1.54) is 12.1 Å². The number of halogens is 1. The SMILES string of the molecule is O=[N+]([O-])[C@H]1CN(Cc2ccccc2)C[C@@H]1c1cccc(F)c1. The van der Waals surface area contributed by atoms with Crippen LogP contribution in [0.25, 0.3) is 0 Å². The van der Waals surface area contributed by atoms with Crippen molar-refractivity contribution in [2.75, 3.05) is 13.1 Å². The van der Waals surface area contributed by atoms with Crippen LogP contribution in [0.3, 0.4) is 0 Å². The number of likely N-dealkylation sites (tertiary alicyclic amines) is 1. The third-order valence-electron chi connectivity index (χ3n) is 4.16. The first-order valence-electron chi connectivity index (χ1n) is 7.29. The van der Waals surface area contributed by atoms with Gasteiger partial charge in [0.1, 0.15) is 5.82 Å².